The van der Waals surface area contributed by atoms with Crippen molar-refractivity contribution in [1.82, 2.24) is 20.8 Å². The van der Waals surface area contributed by atoms with Gasteiger partial charge >= 0.3 is 0 Å². The summed E-state index contributed by atoms with van der Waals surface area (Å²) in [4.78, 5) is 25.5. The molecular formula is C25H30N4O3S. The largest absolute Gasteiger partial charge is 0.394 e. The Bertz CT molecular complexity index is 1090. The van der Waals surface area contributed by atoms with Crippen molar-refractivity contribution >= 4 is 25.3 Å². The minimum absolute atomic E-state index is 0. The summed E-state index contributed by atoms with van der Waals surface area (Å²) in [5.41, 5.74) is 4.48. The highest BCUT2D eigenvalue weighted by Gasteiger charge is 2.20. The number of nitrogens with one attached hydrogen (secondary N) is 3. The Morgan fingerprint density at radius 1 is 1.12 bits per heavy atom. The quantitative estimate of drug-likeness (QED) is 0.426. The van der Waals surface area contributed by atoms with Gasteiger partial charge in [-0.2, -0.15) is 18.6 Å². The lowest BCUT2D eigenvalue weighted by molar-refractivity contribution is 0.0915. The molecule has 1 atom stereocenters. The molecule has 0 saturated heterocycles. The number of amides is 2. The van der Waals surface area contributed by atoms with Crippen LogP contribution in [0.5, 0.6) is 0 Å². The molecule has 0 unspecified atom stereocenters. The average Bonchev–Trinajstić information content (AvgIpc) is 3.52. The zero-order chi connectivity index (χ0) is 22.5. The van der Waals surface area contributed by atoms with Gasteiger partial charge in [0.05, 0.1) is 18.8 Å². The number of carbonyl (C=O) groups is 2. The standard InChI is InChI=1S/C25H28N4O3.H2S/c1-16-11-17(20-13-26-27-14-20)9-10-22(16)25(32)29-23(15-30)18-5-4-6-19(12-18)24(31)28-21-7-2-3-8-21;/h4-6,9-14,21,23,30H,2-3,7-8,15H2,1H3,(H,26,27)(H,28,31)(H,29,32);1H2/t23-;/m1./s1. The highest BCUT2D eigenvalue weighted by atomic mass is 32.1. The molecule has 1 aromatic heterocycles. The third-order valence-electron chi connectivity index (χ3n) is 6.03. The molecule has 0 radical (unpaired) electrons. The summed E-state index contributed by atoms with van der Waals surface area (Å²) in [7, 11) is 0. The fourth-order valence-corrected chi connectivity index (χ4v) is 4.21. The molecule has 2 amide bonds. The Hall–Kier alpha value is -3.10. The van der Waals surface area contributed by atoms with Crippen LogP contribution in [0.1, 0.15) is 63.6 Å². The normalized spacial score (nSPS) is 14.4. The van der Waals surface area contributed by atoms with Gasteiger partial charge in [-0.1, -0.05) is 37.1 Å². The summed E-state index contributed by atoms with van der Waals surface area (Å²) in [6.45, 7) is 1.60. The molecule has 0 spiro atoms. The summed E-state index contributed by atoms with van der Waals surface area (Å²) in [6.07, 6.45) is 7.84. The second kappa shape index (κ2) is 11.2. The van der Waals surface area contributed by atoms with Crippen LogP contribution in [0.4, 0.5) is 0 Å². The van der Waals surface area contributed by atoms with E-state index in [0.717, 1.165) is 42.4 Å². The summed E-state index contributed by atoms with van der Waals surface area (Å²) in [5.74, 6) is -0.395. The smallest absolute Gasteiger partial charge is 0.252 e. The fourth-order valence-electron chi connectivity index (χ4n) is 4.21. The molecule has 33 heavy (non-hydrogen) atoms. The van der Waals surface area contributed by atoms with Gasteiger partial charge in [-0.15, -0.1) is 0 Å². The molecule has 4 rings (SSSR count). The number of benzene rings is 2. The summed E-state index contributed by atoms with van der Waals surface area (Å²) >= 11 is 0. The van der Waals surface area contributed by atoms with Crippen molar-refractivity contribution in [3.8, 4) is 11.1 Å². The van der Waals surface area contributed by atoms with E-state index in [2.05, 4.69) is 20.8 Å². The Morgan fingerprint density at radius 2 is 1.91 bits per heavy atom. The molecule has 1 aliphatic rings. The second-order valence-electron chi connectivity index (χ2n) is 8.31. The van der Waals surface area contributed by atoms with E-state index in [1.54, 1.807) is 36.7 Å². The molecule has 0 aliphatic heterocycles. The van der Waals surface area contributed by atoms with Crippen LogP contribution in [0, 0.1) is 6.92 Å². The van der Waals surface area contributed by atoms with Crippen molar-refractivity contribution in [2.24, 2.45) is 0 Å². The van der Waals surface area contributed by atoms with Crippen LogP contribution in [0.3, 0.4) is 0 Å². The van der Waals surface area contributed by atoms with Crippen molar-refractivity contribution in [2.75, 3.05) is 6.61 Å². The first-order chi connectivity index (χ1) is 15.5. The minimum Gasteiger partial charge on any atom is -0.394 e. The SMILES string of the molecule is Cc1cc(-c2cn[nH]c2)ccc1C(=O)N[C@H](CO)c1cccc(C(=O)NC2CCCC2)c1.S. The van der Waals surface area contributed by atoms with Gasteiger partial charge in [0, 0.05) is 28.9 Å². The number of hydrogen-bond donors (Lipinski definition) is 4. The third kappa shape index (κ3) is 5.83. The predicted molar refractivity (Wildman–Crippen MR) is 133 cm³/mol. The van der Waals surface area contributed by atoms with Crippen LogP contribution in [0.25, 0.3) is 11.1 Å². The van der Waals surface area contributed by atoms with E-state index in [0.29, 0.717) is 16.7 Å². The van der Waals surface area contributed by atoms with E-state index in [1.807, 2.05) is 25.1 Å². The van der Waals surface area contributed by atoms with Gasteiger partial charge in [0.15, 0.2) is 0 Å². The van der Waals surface area contributed by atoms with Crippen molar-refractivity contribution in [3.63, 3.8) is 0 Å². The minimum atomic E-state index is -0.616. The molecule has 174 valence electrons. The van der Waals surface area contributed by atoms with Crippen LogP contribution in [-0.4, -0.2) is 39.8 Å². The van der Waals surface area contributed by atoms with E-state index in [-0.39, 0.29) is 38.0 Å². The summed E-state index contributed by atoms with van der Waals surface area (Å²) in [5, 5.41) is 22.7. The van der Waals surface area contributed by atoms with Crippen molar-refractivity contribution in [3.05, 3.63) is 77.1 Å². The molecule has 7 nitrogen and oxygen atoms in total. The highest BCUT2D eigenvalue weighted by Crippen LogP contribution is 2.23. The van der Waals surface area contributed by atoms with Crippen LogP contribution in [-0.2, 0) is 0 Å². The van der Waals surface area contributed by atoms with Crippen molar-refractivity contribution < 1.29 is 14.7 Å². The topological polar surface area (TPSA) is 107 Å². The predicted octanol–water partition coefficient (Wildman–Crippen LogP) is 3.63. The molecule has 3 aromatic rings. The zero-order valence-electron chi connectivity index (χ0n) is 18.6. The number of H-pyrrole nitrogens is 1. The third-order valence-corrected chi connectivity index (χ3v) is 6.03. The molecule has 1 saturated carbocycles. The molecule has 8 heteroatoms. The second-order valence-corrected chi connectivity index (χ2v) is 8.31. The maximum Gasteiger partial charge on any atom is 0.252 e. The first kappa shape index (κ1) is 24.5. The number of aliphatic hydroxyl groups is 1. The number of carbonyl (C=O) groups excluding carboxylic acids is 2. The number of aromatic amines is 1. The van der Waals surface area contributed by atoms with E-state index in [9.17, 15) is 14.7 Å². The molecular weight excluding hydrogens is 436 g/mol. The lowest BCUT2D eigenvalue weighted by atomic mass is 10.00. The molecule has 0 bridgehead atoms. The van der Waals surface area contributed by atoms with Gasteiger partial charge in [-0.3, -0.25) is 14.7 Å². The average molecular weight is 467 g/mol. The van der Waals surface area contributed by atoms with E-state index in [4.69, 9.17) is 0 Å². The number of aryl methyl sites for hydroxylation is 1. The maximum absolute atomic E-state index is 12.9. The van der Waals surface area contributed by atoms with Crippen LogP contribution in [0.15, 0.2) is 54.9 Å². The van der Waals surface area contributed by atoms with Crippen LogP contribution >= 0.6 is 13.5 Å². The number of aromatic nitrogens is 2. The lowest BCUT2D eigenvalue weighted by Gasteiger charge is -2.19. The van der Waals surface area contributed by atoms with Crippen molar-refractivity contribution in [2.45, 2.75) is 44.7 Å². The van der Waals surface area contributed by atoms with E-state index < -0.39 is 6.04 Å². The molecule has 1 fully saturated rings. The number of nitrogens with zero attached hydrogens (tertiary/aromatic N) is 1. The molecule has 4 N–H and O–H groups in total. The van der Waals surface area contributed by atoms with Gasteiger partial charge in [0.1, 0.15) is 0 Å². The Balaban J connectivity index is 0.00000306. The molecule has 1 heterocycles. The summed E-state index contributed by atoms with van der Waals surface area (Å²) < 4.78 is 0. The van der Waals surface area contributed by atoms with Crippen molar-refractivity contribution in [1.29, 1.82) is 0 Å². The van der Waals surface area contributed by atoms with E-state index >= 15 is 0 Å². The number of rotatable bonds is 7. The van der Waals surface area contributed by atoms with Crippen LogP contribution in [0.2, 0.25) is 0 Å². The number of hydrogen-bond acceptors (Lipinski definition) is 4. The Labute approximate surface area is 200 Å². The Morgan fingerprint density at radius 3 is 2.58 bits per heavy atom. The van der Waals surface area contributed by atoms with Gasteiger partial charge < -0.3 is 15.7 Å². The van der Waals surface area contributed by atoms with E-state index in [1.165, 1.54) is 0 Å². The van der Waals surface area contributed by atoms with Crippen LogP contribution < -0.4 is 10.6 Å². The van der Waals surface area contributed by atoms with Gasteiger partial charge in [-0.25, -0.2) is 0 Å². The first-order valence-electron chi connectivity index (χ1n) is 11.0. The molecule has 2 aromatic carbocycles. The van der Waals surface area contributed by atoms with Gasteiger partial charge in [-0.05, 0) is 54.7 Å². The number of aliphatic hydroxyl groups excluding tert-OH is 1. The fraction of sp³-hybridized carbons (Fsp3) is 0.320. The van der Waals surface area contributed by atoms with Gasteiger partial charge in [0.2, 0.25) is 0 Å². The lowest BCUT2D eigenvalue weighted by Crippen LogP contribution is -2.33. The zero-order valence-corrected chi connectivity index (χ0v) is 19.6. The Kier molecular flexibility index (Phi) is 8.30. The summed E-state index contributed by atoms with van der Waals surface area (Å²) in [6, 6.07) is 12.3. The highest BCUT2D eigenvalue weighted by molar-refractivity contribution is 7.59. The van der Waals surface area contributed by atoms with Gasteiger partial charge in [0.25, 0.3) is 11.8 Å². The maximum atomic E-state index is 12.9. The first-order valence-corrected chi connectivity index (χ1v) is 11.0. The molecule has 1 aliphatic carbocycles. The monoisotopic (exact) mass is 466 g/mol.